The van der Waals surface area contributed by atoms with Crippen molar-refractivity contribution in [3.05, 3.63) is 258 Å². The number of hydrogen-bond donors (Lipinski definition) is 0. The summed E-state index contributed by atoms with van der Waals surface area (Å²) in [5.74, 6) is 1.37. The normalized spacial score (nSPS) is 12.6. The first-order chi connectivity index (χ1) is 32.6. The van der Waals surface area contributed by atoms with E-state index in [1.165, 1.54) is 22.3 Å². The third kappa shape index (κ3) is 5.98. The quantitative estimate of drug-likeness (QED) is 0.156. The number of rotatable bonds is 6. The zero-order chi connectivity index (χ0) is 44.2. The maximum atomic E-state index is 11.2. The van der Waals surface area contributed by atoms with Gasteiger partial charge in [0.25, 0.3) is 0 Å². The summed E-state index contributed by atoms with van der Waals surface area (Å²) >= 11 is 0. The van der Waals surface area contributed by atoms with Gasteiger partial charge in [0.1, 0.15) is 0 Å². The van der Waals surface area contributed by atoms with Gasteiger partial charge < -0.3 is 4.90 Å². The molecule has 1 aliphatic heterocycles. The van der Waals surface area contributed by atoms with Crippen LogP contribution in [0.5, 0.6) is 0 Å². The van der Waals surface area contributed by atoms with E-state index in [-0.39, 0.29) is 0 Å². The van der Waals surface area contributed by atoms with E-state index in [1.54, 1.807) is 0 Å². The highest BCUT2D eigenvalue weighted by Gasteiger charge is 2.52. The van der Waals surface area contributed by atoms with E-state index in [0.29, 0.717) is 40.0 Å². The largest absolute Gasteiger partial charge is 0.318 e. The van der Waals surface area contributed by atoms with E-state index in [2.05, 4.69) is 149 Å². The summed E-state index contributed by atoms with van der Waals surface area (Å²) < 4.78 is 0. The fourth-order valence-corrected chi connectivity index (χ4v) is 10.1. The lowest BCUT2D eigenvalue weighted by Crippen LogP contribution is -2.36. The van der Waals surface area contributed by atoms with Crippen LogP contribution >= 0.6 is 0 Å². The monoisotopic (exact) mass is 840 g/mol. The number of anilines is 3. The van der Waals surface area contributed by atoms with Gasteiger partial charge in [-0.05, 0) is 92.0 Å². The molecule has 0 amide bonds. The van der Waals surface area contributed by atoms with Crippen molar-refractivity contribution in [1.82, 2.24) is 15.0 Å². The molecule has 0 saturated carbocycles. The summed E-state index contributed by atoms with van der Waals surface area (Å²) in [7, 11) is 0. The number of aromatic nitrogens is 3. The van der Waals surface area contributed by atoms with E-state index in [9.17, 15) is 5.26 Å². The van der Waals surface area contributed by atoms with Crippen molar-refractivity contribution in [2.45, 2.75) is 5.41 Å². The summed E-state index contributed by atoms with van der Waals surface area (Å²) in [6.45, 7) is 8.73. The summed E-state index contributed by atoms with van der Waals surface area (Å²) in [5.41, 5.74) is 15.8. The average Bonchev–Trinajstić information content (AvgIpc) is 3.68. The Labute approximate surface area is 382 Å². The number of nitrogens with zero attached hydrogens (tertiary/aromatic N) is 6. The lowest BCUT2D eigenvalue weighted by molar-refractivity contribution is 0.753. The molecule has 2 heterocycles. The van der Waals surface area contributed by atoms with Crippen LogP contribution in [0.2, 0.25) is 0 Å². The van der Waals surface area contributed by atoms with E-state index in [0.717, 1.165) is 55.9 Å². The molecule has 0 bridgehead atoms. The molecule has 2 aliphatic rings. The van der Waals surface area contributed by atoms with E-state index in [1.807, 2.05) is 84.9 Å². The molecule has 0 unspecified atom stereocenters. The molecule has 10 aromatic rings. The summed E-state index contributed by atoms with van der Waals surface area (Å²) in [4.78, 5) is 21.1. The van der Waals surface area contributed by atoms with Gasteiger partial charge in [-0.3, -0.25) is 0 Å². The van der Waals surface area contributed by atoms with Crippen molar-refractivity contribution in [3.8, 4) is 73.6 Å². The molecule has 0 N–H and O–H groups in total. The fourth-order valence-electron chi connectivity index (χ4n) is 10.1. The van der Waals surface area contributed by atoms with Gasteiger partial charge in [0.05, 0.1) is 29.3 Å². The van der Waals surface area contributed by atoms with Crippen molar-refractivity contribution in [1.29, 1.82) is 5.26 Å². The molecule has 0 atom stereocenters. The third-order valence-electron chi connectivity index (χ3n) is 13.0. The first kappa shape index (κ1) is 38.4. The Balaban J connectivity index is 1.08. The van der Waals surface area contributed by atoms with E-state index in [4.69, 9.17) is 21.5 Å². The lowest BCUT2D eigenvalue weighted by Gasteiger charge is -2.45. The van der Waals surface area contributed by atoms with Crippen LogP contribution in [0, 0.1) is 17.9 Å². The molecule has 0 fully saturated rings. The second kappa shape index (κ2) is 15.5. The summed E-state index contributed by atoms with van der Waals surface area (Å²) in [6.07, 6.45) is 0. The minimum absolute atomic E-state index is 0.305. The molecule has 1 spiro atoms. The van der Waals surface area contributed by atoms with Crippen LogP contribution in [0.4, 0.5) is 22.7 Å². The van der Waals surface area contributed by atoms with Crippen molar-refractivity contribution in [3.63, 3.8) is 0 Å². The minimum Gasteiger partial charge on any atom is -0.318 e. The number of benzene rings is 9. The number of hydrogen-bond acceptors (Lipinski definition) is 5. The highest BCUT2D eigenvalue weighted by atomic mass is 15.2. The number of fused-ring (bicyclic) bond motifs is 9. The Morgan fingerprint density at radius 1 is 0.409 bits per heavy atom. The van der Waals surface area contributed by atoms with Crippen molar-refractivity contribution >= 4 is 22.7 Å². The van der Waals surface area contributed by atoms with Crippen molar-refractivity contribution in [2.75, 3.05) is 4.90 Å². The summed E-state index contributed by atoms with van der Waals surface area (Å²) in [6, 6.07) is 77.6. The molecule has 66 heavy (non-hydrogen) atoms. The predicted molar refractivity (Wildman–Crippen MR) is 264 cm³/mol. The predicted octanol–water partition coefficient (Wildman–Crippen LogP) is 14.8. The molecule has 9 aromatic carbocycles. The van der Waals surface area contributed by atoms with Crippen molar-refractivity contribution < 1.29 is 0 Å². The van der Waals surface area contributed by atoms with Gasteiger partial charge in [-0.2, -0.15) is 5.26 Å². The van der Waals surface area contributed by atoms with Crippen LogP contribution in [-0.2, 0) is 5.41 Å². The van der Waals surface area contributed by atoms with Gasteiger partial charge in [0.15, 0.2) is 17.5 Å². The SMILES string of the molecule is [C-]#[N+]c1cc(-c2nc(-c3ccccc3)nc(-c3ccccc3)n2)cc(C#N)c1N1c2ccccc2C2(c3ccc(-c4ccccc4)cc3-c3cc(-c4ccccc4)ccc32)c2ccccc21. The molecule has 1 aromatic heterocycles. The van der Waals surface area contributed by atoms with Crippen molar-refractivity contribution in [2.24, 2.45) is 0 Å². The molecule has 6 nitrogen and oxygen atoms in total. The van der Waals surface area contributed by atoms with Crippen LogP contribution in [0.1, 0.15) is 27.8 Å². The second-order valence-corrected chi connectivity index (χ2v) is 16.5. The van der Waals surface area contributed by atoms with Crippen LogP contribution < -0.4 is 4.90 Å². The first-order valence-electron chi connectivity index (χ1n) is 21.9. The molecule has 12 rings (SSSR count). The Morgan fingerprint density at radius 2 is 0.818 bits per heavy atom. The highest BCUT2D eigenvalue weighted by Crippen LogP contribution is 2.64. The highest BCUT2D eigenvalue weighted by molar-refractivity contribution is 6.00. The average molecular weight is 841 g/mol. The maximum absolute atomic E-state index is 11.2. The minimum atomic E-state index is -0.726. The Morgan fingerprint density at radius 3 is 1.26 bits per heavy atom. The Bertz CT molecular complexity index is 3380. The number of para-hydroxylation sites is 2. The maximum Gasteiger partial charge on any atom is 0.212 e. The fraction of sp³-hybridized carbons (Fsp3) is 0.0167. The zero-order valence-corrected chi connectivity index (χ0v) is 35.5. The third-order valence-corrected chi connectivity index (χ3v) is 13.0. The van der Waals surface area contributed by atoms with E-state index < -0.39 is 5.41 Å². The van der Waals surface area contributed by atoms with Crippen LogP contribution in [0.15, 0.2) is 218 Å². The van der Waals surface area contributed by atoms with Gasteiger partial charge in [-0.25, -0.2) is 19.8 Å². The van der Waals surface area contributed by atoms with Gasteiger partial charge >= 0.3 is 0 Å². The van der Waals surface area contributed by atoms with Gasteiger partial charge in [-0.15, -0.1) is 0 Å². The van der Waals surface area contributed by atoms with Gasteiger partial charge in [0.2, 0.25) is 5.69 Å². The Kier molecular flexibility index (Phi) is 9.05. The van der Waals surface area contributed by atoms with E-state index >= 15 is 0 Å². The molecule has 6 heteroatoms. The molecule has 1 aliphatic carbocycles. The zero-order valence-electron chi connectivity index (χ0n) is 35.5. The standard InChI is InChI=1S/C60H36N6/c1-62-53-37-45(59-64-57(41-22-10-4-11-23-41)63-58(65-59)42-24-12-5-13-25-42)34-46(38-61)56(53)66-54-28-16-14-26-51(54)60(52-27-15-17-29-55(52)66)49-32-30-43(39-18-6-2-7-19-39)35-47(49)48-36-44(31-33-50(48)60)40-20-8-3-9-21-40/h2-37H. The van der Waals surface area contributed by atoms with Crippen LogP contribution in [0.25, 0.3) is 72.4 Å². The molecule has 0 radical (unpaired) electrons. The molecule has 306 valence electrons. The summed E-state index contributed by atoms with van der Waals surface area (Å²) in [5, 5.41) is 11.2. The smallest absolute Gasteiger partial charge is 0.212 e. The number of nitriles is 1. The van der Waals surface area contributed by atoms with Crippen LogP contribution in [-0.4, -0.2) is 15.0 Å². The van der Waals surface area contributed by atoms with Gasteiger partial charge in [-0.1, -0.05) is 182 Å². The second-order valence-electron chi connectivity index (χ2n) is 16.5. The molecular formula is C60H36N6. The topological polar surface area (TPSA) is 70.1 Å². The molecule has 0 saturated heterocycles. The first-order valence-corrected chi connectivity index (χ1v) is 21.9. The Hall–Kier alpha value is -9.23. The van der Waals surface area contributed by atoms with Gasteiger partial charge in [0, 0.05) is 28.1 Å². The molecular weight excluding hydrogens is 805 g/mol. The van der Waals surface area contributed by atoms with Crippen LogP contribution in [0.3, 0.4) is 0 Å². The lowest BCUT2D eigenvalue weighted by atomic mass is 9.64.